The molecule has 1 aliphatic heterocycles. The summed E-state index contributed by atoms with van der Waals surface area (Å²) >= 11 is 0. The molecule has 1 atom stereocenters. The molecule has 10 heteroatoms. The van der Waals surface area contributed by atoms with Crippen molar-refractivity contribution in [2.75, 3.05) is 11.5 Å². The number of aromatic nitrogens is 4. The average Bonchev–Trinajstić information content (AvgIpc) is 3.33. The van der Waals surface area contributed by atoms with Crippen molar-refractivity contribution in [2.45, 2.75) is 12.5 Å². The molecule has 26 heavy (non-hydrogen) atoms. The van der Waals surface area contributed by atoms with E-state index in [1.54, 1.807) is 35.0 Å². The standard InChI is InChI=1S/C16H15N5O4S/c17-14(22)10-1-3-11(4-2-10)15-18-16(13-5-7-25-20-13)21(19-15)12-6-8-26(23,24)9-12/h1-5,7,12H,6,8-9H2,(H2,17,22)/t12-/m1/s1. The Kier molecular flexibility index (Phi) is 3.83. The van der Waals surface area contributed by atoms with Gasteiger partial charge in [0.2, 0.25) is 5.91 Å². The SMILES string of the molecule is NC(=O)c1ccc(-c2nc(-c3ccon3)n([C@@H]3CCS(=O)(=O)C3)n2)cc1. The second-order valence-corrected chi connectivity index (χ2v) is 8.32. The number of hydrogen-bond donors (Lipinski definition) is 1. The normalized spacial score (nSPS) is 18.8. The highest BCUT2D eigenvalue weighted by atomic mass is 32.2. The first-order valence-electron chi connectivity index (χ1n) is 7.91. The van der Waals surface area contributed by atoms with E-state index >= 15 is 0 Å². The number of nitrogens with two attached hydrogens (primary N) is 1. The predicted molar refractivity (Wildman–Crippen MR) is 91.8 cm³/mol. The van der Waals surface area contributed by atoms with E-state index in [2.05, 4.69) is 15.2 Å². The molecule has 0 bridgehead atoms. The van der Waals surface area contributed by atoms with Crippen molar-refractivity contribution in [1.82, 2.24) is 19.9 Å². The van der Waals surface area contributed by atoms with Crippen molar-refractivity contribution in [3.05, 3.63) is 42.2 Å². The van der Waals surface area contributed by atoms with Crippen molar-refractivity contribution in [3.8, 4) is 22.9 Å². The summed E-state index contributed by atoms with van der Waals surface area (Å²) in [5.41, 5.74) is 6.79. The molecule has 3 aromatic rings. The van der Waals surface area contributed by atoms with Crippen LogP contribution in [-0.4, -0.2) is 45.8 Å². The molecule has 0 aliphatic carbocycles. The minimum absolute atomic E-state index is 0.0151. The van der Waals surface area contributed by atoms with Crippen LogP contribution in [0.3, 0.4) is 0 Å². The Morgan fingerprint density at radius 1 is 1.23 bits per heavy atom. The van der Waals surface area contributed by atoms with Crippen LogP contribution in [0.15, 0.2) is 41.1 Å². The summed E-state index contributed by atoms with van der Waals surface area (Å²) in [5.74, 6) is 0.465. The van der Waals surface area contributed by atoms with E-state index < -0.39 is 15.7 Å². The average molecular weight is 373 g/mol. The van der Waals surface area contributed by atoms with Gasteiger partial charge in [-0.05, 0) is 18.6 Å². The van der Waals surface area contributed by atoms with Gasteiger partial charge in [0.25, 0.3) is 0 Å². The highest BCUT2D eigenvalue weighted by Crippen LogP contribution is 2.30. The van der Waals surface area contributed by atoms with Gasteiger partial charge in [0.1, 0.15) is 6.26 Å². The number of primary amides is 1. The fraction of sp³-hybridized carbons (Fsp3) is 0.250. The molecule has 4 rings (SSSR count). The van der Waals surface area contributed by atoms with Crippen LogP contribution in [0, 0.1) is 0 Å². The predicted octanol–water partition coefficient (Wildman–Crippen LogP) is 1.06. The Hall–Kier alpha value is -3.01. The fourth-order valence-electron chi connectivity index (χ4n) is 2.95. The van der Waals surface area contributed by atoms with Crippen LogP contribution < -0.4 is 5.73 Å². The van der Waals surface area contributed by atoms with Crippen molar-refractivity contribution < 1.29 is 17.7 Å². The number of sulfone groups is 1. The Balaban J connectivity index is 1.77. The second-order valence-electron chi connectivity index (χ2n) is 6.09. The fourth-order valence-corrected chi connectivity index (χ4v) is 4.65. The Labute approximate surface area is 148 Å². The molecule has 2 N–H and O–H groups in total. The summed E-state index contributed by atoms with van der Waals surface area (Å²) < 4.78 is 30.2. The topological polar surface area (TPSA) is 134 Å². The molecule has 1 amide bonds. The summed E-state index contributed by atoms with van der Waals surface area (Å²) in [4.78, 5) is 15.7. The van der Waals surface area contributed by atoms with Crippen LogP contribution in [0.1, 0.15) is 22.8 Å². The molecular formula is C16H15N5O4S. The van der Waals surface area contributed by atoms with Crippen LogP contribution in [-0.2, 0) is 9.84 Å². The zero-order valence-corrected chi connectivity index (χ0v) is 14.4. The van der Waals surface area contributed by atoms with Gasteiger partial charge in [-0.1, -0.05) is 17.3 Å². The van der Waals surface area contributed by atoms with E-state index in [9.17, 15) is 13.2 Å². The van der Waals surface area contributed by atoms with Gasteiger partial charge in [-0.3, -0.25) is 4.79 Å². The lowest BCUT2D eigenvalue weighted by molar-refractivity contribution is 0.100. The van der Waals surface area contributed by atoms with Gasteiger partial charge in [-0.15, -0.1) is 0 Å². The lowest BCUT2D eigenvalue weighted by Crippen LogP contribution is -2.14. The maximum atomic E-state index is 11.9. The van der Waals surface area contributed by atoms with Crippen LogP contribution in [0.2, 0.25) is 0 Å². The first-order chi connectivity index (χ1) is 12.4. The maximum absolute atomic E-state index is 11.9. The minimum atomic E-state index is -3.08. The summed E-state index contributed by atoms with van der Waals surface area (Å²) in [5, 5.41) is 8.39. The van der Waals surface area contributed by atoms with Gasteiger partial charge in [0.15, 0.2) is 27.2 Å². The van der Waals surface area contributed by atoms with E-state index in [0.29, 0.717) is 34.9 Å². The van der Waals surface area contributed by atoms with E-state index in [4.69, 9.17) is 10.3 Å². The number of carbonyl (C=O) groups excluding carboxylic acids is 1. The van der Waals surface area contributed by atoms with Gasteiger partial charge in [0.05, 0.1) is 17.5 Å². The summed E-state index contributed by atoms with van der Waals surface area (Å²) in [6.07, 6.45) is 1.89. The van der Waals surface area contributed by atoms with Crippen molar-refractivity contribution in [3.63, 3.8) is 0 Å². The van der Waals surface area contributed by atoms with Crippen LogP contribution in [0.4, 0.5) is 0 Å². The molecule has 0 unspecified atom stereocenters. The molecule has 9 nitrogen and oxygen atoms in total. The second kappa shape index (κ2) is 6.06. The Bertz CT molecular complexity index is 1050. The number of carbonyl (C=O) groups is 1. The van der Waals surface area contributed by atoms with Gasteiger partial charge in [-0.25, -0.2) is 18.1 Å². The van der Waals surface area contributed by atoms with Crippen LogP contribution in [0.25, 0.3) is 22.9 Å². The minimum Gasteiger partial charge on any atom is -0.366 e. The van der Waals surface area contributed by atoms with Crippen molar-refractivity contribution in [2.24, 2.45) is 5.73 Å². The molecule has 1 saturated heterocycles. The number of amides is 1. The molecular weight excluding hydrogens is 358 g/mol. The summed E-state index contributed by atoms with van der Waals surface area (Å²) in [6, 6.07) is 7.90. The first-order valence-corrected chi connectivity index (χ1v) is 9.73. The third-order valence-corrected chi connectivity index (χ3v) is 6.03. The molecule has 1 aromatic carbocycles. The molecule has 1 aliphatic rings. The highest BCUT2D eigenvalue weighted by molar-refractivity contribution is 7.91. The van der Waals surface area contributed by atoms with Gasteiger partial charge in [-0.2, -0.15) is 5.10 Å². The van der Waals surface area contributed by atoms with Crippen LogP contribution >= 0.6 is 0 Å². The molecule has 2 aromatic heterocycles. The van der Waals surface area contributed by atoms with Gasteiger partial charge >= 0.3 is 0 Å². The highest BCUT2D eigenvalue weighted by Gasteiger charge is 2.32. The zero-order valence-electron chi connectivity index (χ0n) is 13.6. The molecule has 0 spiro atoms. The molecule has 0 saturated carbocycles. The Morgan fingerprint density at radius 3 is 2.58 bits per heavy atom. The van der Waals surface area contributed by atoms with Crippen LogP contribution in [0.5, 0.6) is 0 Å². The maximum Gasteiger partial charge on any atom is 0.248 e. The lowest BCUT2D eigenvalue weighted by Gasteiger charge is -2.09. The smallest absolute Gasteiger partial charge is 0.248 e. The number of nitrogens with zero attached hydrogens (tertiary/aromatic N) is 4. The summed E-state index contributed by atoms with van der Waals surface area (Å²) in [7, 11) is -3.08. The Morgan fingerprint density at radius 2 is 2.00 bits per heavy atom. The van der Waals surface area contributed by atoms with E-state index in [1.807, 2.05) is 0 Å². The first kappa shape index (κ1) is 16.5. The van der Waals surface area contributed by atoms with Crippen molar-refractivity contribution >= 4 is 15.7 Å². The van der Waals surface area contributed by atoms with E-state index in [-0.39, 0.29) is 17.5 Å². The lowest BCUT2D eigenvalue weighted by atomic mass is 10.1. The van der Waals surface area contributed by atoms with E-state index in [0.717, 1.165) is 0 Å². The van der Waals surface area contributed by atoms with Gasteiger partial charge < -0.3 is 10.3 Å². The van der Waals surface area contributed by atoms with E-state index in [1.165, 1.54) is 6.26 Å². The number of benzene rings is 1. The number of rotatable bonds is 4. The number of hydrogen-bond acceptors (Lipinski definition) is 7. The largest absolute Gasteiger partial charge is 0.366 e. The quantitative estimate of drug-likeness (QED) is 0.722. The molecule has 3 heterocycles. The monoisotopic (exact) mass is 373 g/mol. The molecule has 1 fully saturated rings. The zero-order chi connectivity index (χ0) is 18.3. The summed E-state index contributed by atoms with van der Waals surface area (Å²) in [6.45, 7) is 0. The third kappa shape index (κ3) is 2.99. The molecule has 0 radical (unpaired) electrons. The molecule has 134 valence electrons. The van der Waals surface area contributed by atoms with Crippen molar-refractivity contribution in [1.29, 1.82) is 0 Å². The van der Waals surface area contributed by atoms with Gasteiger partial charge in [0, 0.05) is 17.2 Å². The third-order valence-electron chi connectivity index (χ3n) is 4.28.